The van der Waals surface area contributed by atoms with Gasteiger partial charge in [-0.3, -0.25) is 4.79 Å². The molecule has 0 fully saturated rings. The fourth-order valence-corrected chi connectivity index (χ4v) is 3.27. The largest absolute Gasteiger partial charge is 0.312 e. The van der Waals surface area contributed by atoms with Crippen molar-refractivity contribution >= 4 is 11.6 Å². The Kier molecular flexibility index (Phi) is 3.04. The normalized spacial score (nSPS) is 16.7. The number of rotatable bonds is 2. The van der Waals surface area contributed by atoms with E-state index in [1.807, 2.05) is 28.8 Å². The van der Waals surface area contributed by atoms with E-state index in [9.17, 15) is 4.79 Å². The third kappa shape index (κ3) is 2.03. The van der Waals surface area contributed by atoms with Crippen LogP contribution in [0, 0.1) is 0 Å². The van der Waals surface area contributed by atoms with E-state index in [-0.39, 0.29) is 11.5 Å². The Bertz CT molecular complexity index is 887. The van der Waals surface area contributed by atoms with Crippen LogP contribution >= 0.6 is 11.6 Å². The zero-order valence-corrected chi connectivity index (χ0v) is 12.3. The zero-order chi connectivity index (χ0) is 15.1. The summed E-state index contributed by atoms with van der Waals surface area (Å²) in [5, 5.41) is 12.0. The molecule has 1 aliphatic rings. The number of hydrogen-bond acceptors (Lipinski definition) is 4. The number of pyridine rings is 1. The van der Waals surface area contributed by atoms with Crippen LogP contribution in [0.4, 0.5) is 0 Å². The van der Waals surface area contributed by atoms with E-state index in [0.717, 1.165) is 23.4 Å². The minimum atomic E-state index is 0.0333. The monoisotopic (exact) mass is 313 g/mol. The van der Waals surface area contributed by atoms with Crippen LogP contribution in [0.5, 0.6) is 0 Å². The lowest BCUT2D eigenvalue weighted by atomic mass is 9.93. The van der Waals surface area contributed by atoms with Crippen LogP contribution in [0.2, 0.25) is 5.02 Å². The van der Waals surface area contributed by atoms with Gasteiger partial charge in [-0.2, -0.15) is 0 Å². The lowest BCUT2D eigenvalue weighted by molar-refractivity contribution is 0.700. The standard InChI is InChI=1S/C15H12ClN5O/c16-10-4-5-14(21-9-17-18-19-21)12(8-10)11-6-7-20-13(11)2-1-3-15(20)22/h1-5,8-9,11H,6-7H2. The first kappa shape index (κ1) is 13.2. The molecule has 0 amide bonds. The summed E-state index contributed by atoms with van der Waals surface area (Å²) in [5.41, 5.74) is 2.94. The van der Waals surface area contributed by atoms with E-state index in [2.05, 4.69) is 15.5 Å². The van der Waals surface area contributed by atoms with Gasteiger partial charge < -0.3 is 4.57 Å². The van der Waals surface area contributed by atoms with Gasteiger partial charge >= 0.3 is 0 Å². The van der Waals surface area contributed by atoms with Gasteiger partial charge in [0.2, 0.25) is 0 Å². The quantitative estimate of drug-likeness (QED) is 0.726. The lowest BCUT2D eigenvalue weighted by Gasteiger charge is -2.16. The summed E-state index contributed by atoms with van der Waals surface area (Å²) in [4.78, 5) is 12.0. The van der Waals surface area contributed by atoms with Crippen molar-refractivity contribution in [3.63, 3.8) is 0 Å². The highest BCUT2D eigenvalue weighted by Gasteiger charge is 2.27. The maximum atomic E-state index is 12.0. The minimum Gasteiger partial charge on any atom is -0.312 e. The molecule has 0 N–H and O–H groups in total. The van der Waals surface area contributed by atoms with Gasteiger partial charge in [-0.25, -0.2) is 4.68 Å². The summed E-state index contributed by atoms with van der Waals surface area (Å²) < 4.78 is 3.43. The van der Waals surface area contributed by atoms with Crippen molar-refractivity contribution in [2.24, 2.45) is 0 Å². The highest BCUT2D eigenvalue weighted by Crippen LogP contribution is 2.37. The Morgan fingerprint density at radius 3 is 2.95 bits per heavy atom. The number of hydrogen-bond donors (Lipinski definition) is 0. The van der Waals surface area contributed by atoms with Crippen molar-refractivity contribution in [3.8, 4) is 5.69 Å². The molecule has 4 rings (SSSR count). The molecule has 0 aliphatic carbocycles. The summed E-state index contributed by atoms with van der Waals surface area (Å²) in [6.45, 7) is 0.710. The summed E-state index contributed by atoms with van der Waals surface area (Å²) >= 11 is 6.19. The Hall–Kier alpha value is -2.47. The number of benzene rings is 1. The van der Waals surface area contributed by atoms with Crippen molar-refractivity contribution < 1.29 is 0 Å². The zero-order valence-electron chi connectivity index (χ0n) is 11.6. The summed E-state index contributed by atoms with van der Waals surface area (Å²) in [5.74, 6) is 0.104. The van der Waals surface area contributed by atoms with E-state index >= 15 is 0 Å². The van der Waals surface area contributed by atoms with Gasteiger partial charge in [0, 0.05) is 29.2 Å². The molecule has 7 heteroatoms. The molecule has 0 bridgehead atoms. The molecule has 22 heavy (non-hydrogen) atoms. The Labute approximate surface area is 131 Å². The summed E-state index contributed by atoms with van der Waals surface area (Å²) in [6.07, 6.45) is 2.41. The van der Waals surface area contributed by atoms with Gasteiger partial charge in [-0.15, -0.1) is 5.10 Å². The van der Waals surface area contributed by atoms with Crippen molar-refractivity contribution in [2.45, 2.75) is 18.9 Å². The van der Waals surface area contributed by atoms with Gasteiger partial charge in [0.25, 0.3) is 5.56 Å². The predicted octanol–water partition coefficient (Wildman–Crippen LogP) is 2.01. The average molecular weight is 314 g/mol. The Balaban J connectivity index is 1.90. The molecule has 0 saturated carbocycles. The van der Waals surface area contributed by atoms with Crippen molar-refractivity contribution in [2.75, 3.05) is 0 Å². The van der Waals surface area contributed by atoms with Gasteiger partial charge in [0.1, 0.15) is 6.33 Å². The van der Waals surface area contributed by atoms with Gasteiger partial charge in [0.15, 0.2) is 0 Å². The van der Waals surface area contributed by atoms with E-state index in [1.165, 1.54) is 0 Å². The minimum absolute atomic E-state index is 0.0333. The average Bonchev–Trinajstić information content (AvgIpc) is 3.17. The van der Waals surface area contributed by atoms with E-state index in [4.69, 9.17) is 11.6 Å². The summed E-state index contributed by atoms with van der Waals surface area (Å²) in [6, 6.07) is 11.0. The summed E-state index contributed by atoms with van der Waals surface area (Å²) in [7, 11) is 0. The molecule has 2 aromatic heterocycles. The molecule has 1 atom stereocenters. The molecule has 0 saturated heterocycles. The van der Waals surface area contributed by atoms with E-state index in [1.54, 1.807) is 23.1 Å². The molecule has 6 nitrogen and oxygen atoms in total. The molecular formula is C15H12ClN5O. The number of tetrazole rings is 1. The third-order valence-corrected chi connectivity index (χ3v) is 4.28. The molecule has 110 valence electrons. The lowest BCUT2D eigenvalue weighted by Crippen LogP contribution is -2.17. The van der Waals surface area contributed by atoms with Crippen molar-refractivity contribution in [1.82, 2.24) is 24.8 Å². The van der Waals surface area contributed by atoms with Crippen LogP contribution in [0.3, 0.4) is 0 Å². The molecule has 3 aromatic rings. The van der Waals surface area contributed by atoms with Crippen molar-refractivity contribution in [3.05, 3.63) is 69.4 Å². The van der Waals surface area contributed by atoms with Crippen molar-refractivity contribution in [1.29, 1.82) is 0 Å². The maximum Gasteiger partial charge on any atom is 0.250 e. The third-order valence-electron chi connectivity index (χ3n) is 4.04. The Morgan fingerprint density at radius 1 is 1.23 bits per heavy atom. The van der Waals surface area contributed by atoms with E-state index in [0.29, 0.717) is 11.6 Å². The number of halogens is 1. The number of aromatic nitrogens is 5. The predicted molar refractivity (Wildman–Crippen MR) is 81.3 cm³/mol. The van der Waals surface area contributed by atoms with Gasteiger partial charge in [-0.05, 0) is 46.7 Å². The molecule has 1 unspecified atom stereocenters. The molecule has 0 radical (unpaired) electrons. The highest BCUT2D eigenvalue weighted by molar-refractivity contribution is 6.30. The van der Waals surface area contributed by atoms with Crippen LogP contribution in [0.1, 0.15) is 23.6 Å². The maximum absolute atomic E-state index is 12.0. The first-order valence-corrected chi connectivity index (χ1v) is 7.34. The van der Waals surface area contributed by atoms with Crippen LogP contribution in [0.25, 0.3) is 5.69 Å². The molecule has 1 aromatic carbocycles. The fraction of sp³-hybridized carbons (Fsp3) is 0.200. The SMILES string of the molecule is O=c1cccc2n1CCC2c1cc(Cl)ccc1-n1cnnn1. The second-order valence-corrected chi connectivity index (χ2v) is 5.68. The number of fused-ring (bicyclic) bond motifs is 1. The first-order chi connectivity index (χ1) is 10.7. The molecular weight excluding hydrogens is 302 g/mol. The smallest absolute Gasteiger partial charge is 0.250 e. The molecule has 3 heterocycles. The second-order valence-electron chi connectivity index (χ2n) is 5.24. The van der Waals surface area contributed by atoms with Crippen LogP contribution < -0.4 is 5.56 Å². The highest BCUT2D eigenvalue weighted by atomic mass is 35.5. The van der Waals surface area contributed by atoms with Crippen LogP contribution in [0.15, 0.2) is 47.5 Å². The molecule has 1 aliphatic heterocycles. The molecule has 0 spiro atoms. The fourth-order valence-electron chi connectivity index (χ4n) is 3.09. The van der Waals surface area contributed by atoms with E-state index < -0.39 is 0 Å². The Morgan fingerprint density at radius 2 is 2.14 bits per heavy atom. The van der Waals surface area contributed by atoms with Crippen LogP contribution in [-0.4, -0.2) is 24.8 Å². The topological polar surface area (TPSA) is 65.6 Å². The first-order valence-electron chi connectivity index (χ1n) is 6.96. The second kappa shape index (κ2) is 5.06. The van der Waals surface area contributed by atoms with Gasteiger partial charge in [-0.1, -0.05) is 17.7 Å². The van der Waals surface area contributed by atoms with Gasteiger partial charge in [0.05, 0.1) is 5.69 Å². The van der Waals surface area contributed by atoms with Crippen LogP contribution in [-0.2, 0) is 6.54 Å². The number of nitrogens with zero attached hydrogens (tertiary/aromatic N) is 5.